The van der Waals surface area contributed by atoms with Gasteiger partial charge in [0.15, 0.2) is 0 Å². The fourth-order valence-electron chi connectivity index (χ4n) is 2.80. The summed E-state index contributed by atoms with van der Waals surface area (Å²) in [6.45, 7) is 6.30. The lowest BCUT2D eigenvalue weighted by Crippen LogP contribution is -2.36. The van der Waals surface area contributed by atoms with E-state index in [9.17, 15) is 4.79 Å². The molecule has 1 aliphatic heterocycles. The molecule has 0 saturated carbocycles. The number of aromatic nitrogens is 1. The molecule has 0 unspecified atom stereocenters. The molecule has 2 aromatic rings. The quantitative estimate of drug-likeness (QED) is 0.853. The van der Waals surface area contributed by atoms with Crippen molar-refractivity contribution in [2.75, 3.05) is 25.2 Å². The average Bonchev–Trinajstić information content (AvgIpc) is 2.84. The van der Waals surface area contributed by atoms with Crippen molar-refractivity contribution in [1.29, 1.82) is 0 Å². The van der Waals surface area contributed by atoms with E-state index in [-0.39, 0.29) is 5.91 Å². The number of carbonyl (C=O) groups is 1. The lowest BCUT2D eigenvalue weighted by atomic mass is 10.0. The van der Waals surface area contributed by atoms with Gasteiger partial charge in [-0.05, 0) is 19.9 Å². The first-order chi connectivity index (χ1) is 10.5. The number of fused-ring (bicyclic) bond motifs is 1. The third-order valence-electron chi connectivity index (χ3n) is 3.83. The van der Waals surface area contributed by atoms with Crippen molar-refractivity contribution in [2.24, 2.45) is 0 Å². The van der Waals surface area contributed by atoms with Crippen LogP contribution in [-0.4, -0.2) is 31.3 Å². The third kappa shape index (κ3) is 2.20. The Morgan fingerprint density at radius 2 is 2.14 bits per heavy atom. The Labute approximate surface area is 128 Å². The van der Waals surface area contributed by atoms with Gasteiger partial charge < -0.3 is 18.9 Å². The highest BCUT2D eigenvalue weighted by atomic mass is 16.5. The molecule has 1 aromatic carbocycles. The van der Waals surface area contributed by atoms with E-state index in [2.05, 4.69) is 5.16 Å². The number of amides is 1. The number of nitrogens with zero attached hydrogens (tertiary/aromatic N) is 2. The molecular formula is C16H18N2O4. The minimum absolute atomic E-state index is 0.0170. The molecule has 0 fully saturated rings. The summed E-state index contributed by atoms with van der Waals surface area (Å²) in [7, 11) is 1.60. The number of hydrogen-bond donors (Lipinski definition) is 0. The van der Waals surface area contributed by atoms with E-state index in [4.69, 9.17) is 14.0 Å². The van der Waals surface area contributed by atoms with Gasteiger partial charge in [0.05, 0.1) is 30.6 Å². The summed E-state index contributed by atoms with van der Waals surface area (Å²) in [6.07, 6.45) is 0. The van der Waals surface area contributed by atoms with Crippen molar-refractivity contribution in [3.8, 4) is 22.6 Å². The van der Waals surface area contributed by atoms with Crippen LogP contribution in [0.2, 0.25) is 0 Å². The minimum atomic E-state index is -0.0170. The Balaban J connectivity index is 2.20. The Kier molecular flexibility index (Phi) is 3.52. The first-order valence-electron chi connectivity index (χ1n) is 7.09. The summed E-state index contributed by atoms with van der Waals surface area (Å²) in [5.41, 5.74) is 3.26. The fraction of sp³-hybridized carbons (Fsp3) is 0.375. The number of methoxy groups -OCH3 is 1. The van der Waals surface area contributed by atoms with Gasteiger partial charge in [-0.15, -0.1) is 0 Å². The van der Waals surface area contributed by atoms with Crippen LogP contribution in [0, 0.1) is 13.8 Å². The molecule has 22 heavy (non-hydrogen) atoms. The molecule has 0 aliphatic carbocycles. The summed E-state index contributed by atoms with van der Waals surface area (Å²) >= 11 is 0. The number of ether oxygens (including phenoxy) is 2. The van der Waals surface area contributed by atoms with Gasteiger partial charge in [0.2, 0.25) is 5.91 Å². The molecule has 0 atom stereocenters. The average molecular weight is 302 g/mol. The van der Waals surface area contributed by atoms with Crippen molar-refractivity contribution in [2.45, 2.75) is 20.8 Å². The van der Waals surface area contributed by atoms with Gasteiger partial charge in [0.25, 0.3) is 0 Å². The van der Waals surface area contributed by atoms with E-state index in [1.165, 1.54) is 0 Å². The largest absolute Gasteiger partial charge is 0.496 e. The zero-order chi connectivity index (χ0) is 15.9. The highest BCUT2D eigenvalue weighted by molar-refractivity contribution is 5.95. The van der Waals surface area contributed by atoms with Gasteiger partial charge in [-0.3, -0.25) is 4.79 Å². The summed E-state index contributed by atoms with van der Waals surface area (Å²) in [5.74, 6) is 2.02. The van der Waals surface area contributed by atoms with Gasteiger partial charge in [-0.2, -0.15) is 0 Å². The Morgan fingerprint density at radius 1 is 1.36 bits per heavy atom. The molecule has 0 N–H and O–H groups in total. The first-order valence-corrected chi connectivity index (χ1v) is 7.09. The molecule has 0 spiro atoms. The zero-order valence-electron chi connectivity index (χ0n) is 13.1. The van der Waals surface area contributed by atoms with Crippen LogP contribution in [0.3, 0.4) is 0 Å². The third-order valence-corrected chi connectivity index (χ3v) is 3.83. The first kappa shape index (κ1) is 14.4. The number of aryl methyl sites for hydroxylation is 2. The second-order valence-electron chi connectivity index (χ2n) is 5.24. The predicted molar refractivity (Wildman–Crippen MR) is 81.5 cm³/mol. The monoisotopic (exact) mass is 302 g/mol. The van der Waals surface area contributed by atoms with E-state index in [1.807, 2.05) is 26.0 Å². The standard InChI is InChI=1S/C16H18N2O4/c1-9-16(10(2)22-17-9)12-7-15-13(8-14(12)20-4)18(11(3)19)5-6-21-15/h7-8H,5-6H2,1-4H3. The predicted octanol–water partition coefficient (Wildman–Crippen LogP) is 2.71. The molecule has 3 rings (SSSR count). The van der Waals surface area contributed by atoms with Gasteiger partial charge in [0.1, 0.15) is 23.9 Å². The number of hydrogen-bond acceptors (Lipinski definition) is 5. The molecule has 116 valence electrons. The van der Waals surface area contributed by atoms with Crippen LogP contribution in [0.5, 0.6) is 11.5 Å². The van der Waals surface area contributed by atoms with Crippen molar-refractivity contribution in [3.63, 3.8) is 0 Å². The smallest absolute Gasteiger partial charge is 0.224 e. The van der Waals surface area contributed by atoms with Crippen LogP contribution in [0.1, 0.15) is 18.4 Å². The normalized spacial score (nSPS) is 13.5. The maximum absolute atomic E-state index is 11.8. The zero-order valence-corrected chi connectivity index (χ0v) is 13.1. The van der Waals surface area contributed by atoms with Crippen molar-refractivity contribution < 1.29 is 18.8 Å². The fourth-order valence-corrected chi connectivity index (χ4v) is 2.80. The van der Waals surface area contributed by atoms with E-state index in [1.54, 1.807) is 18.9 Å². The van der Waals surface area contributed by atoms with Crippen LogP contribution >= 0.6 is 0 Å². The lowest BCUT2D eigenvalue weighted by Gasteiger charge is -2.29. The minimum Gasteiger partial charge on any atom is -0.496 e. The summed E-state index contributed by atoms with van der Waals surface area (Å²) < 4.78 is 16.5. The van der Waals surface area contributed by atoms with E-state index in [0.717, 1.165) is 28.3 Å². The highest BCUT2D eigenvalue weighted by Crippen LogP contribution is 2.43. The molecule has 1 aromatic heterocycles. The topological polar surface area (TPSA) is 64.8 Å². The van der Waals surface area contributed by atoms with Crippen molar-refractivity contribution >= 4 is 11.6 Å². The summed E-state index contributed by atoms with van der Waals surface area (Å²) in [5, 5.41) is 3.99. The second kappa shape index (κ2) is 5.36. The molecule has 0 bridgehead atoms. The van der Waals surface area contributed by atoms with Crippen LogP contribution in [-0.2, 0) is 4.79 Å². The van der Waals surface area contributed by atoms with Gasteiger partial charge in [-0.1, -0.05) is 5.16 Å². The summed E-state index contributed by atoms with van der Waals surface area (Å²) in [4.78, 5) is 13.5. The van der Waals surface area contributed by atoms with Gasteiger partial charge in [0, 0.05) is 18.6 Å². The molecule has 1 aliphatic rings. The van der Waals surface area contributed by atoms with Gasteiger partial charge in [-0.25, -0.2) is 0 Å². The van der Waals surface area contributed by atoms with E-state index >= 15 is 0 Å². The highest BCUT2D eigenvalue weighted by Gasteiger charge is 2.26. The van der Waals surface area contributed by atoms with Crippen LogP contribution in [0.4, 0.5) is 5.69 Å². The number of benzene rings is 1. The summed E-state index contributed by atoms with van der Waals surface area (Å²) in [6, 6.07) is 3.72. The number of rotatable bonds is 2. The lowest BCUT2D eigenvalue weighted by molar-refractivity contribution is -0.116. The van der Waals surface area contributed by atoms with Gasteiger partial charge >= 0.3 is 0 Å². The van der Waals surface area contributed by atoms with Crippen LogP contribution in [0.15, 0.2) is 16.7 Å². The van der Waals surface area contributed by atoms with Crippen molar-refractivity contribution in [1.82, 2.24) is 5.16 Å². The Bertz CT molecular complexity index is 716. The molecular weight excluding hydrogens is 284 g/mol. The molecule has 0 radical (unpaired) electrons. The molecule has 0 saturated heterocycles. The Morgan fingerprint density at radius 3 is 2.73 bits per heavy atom. The van der Waals surface area contributed by atoms with E-state index in [0.29, 0.717) is 24.7 Å². The SMILES string of the molecule is COc1cc2c(cc1-c1c(C)noc1C)OCCN2C(C)=O. The van der Waals surface area contributed by atoms with E-state index < -0.39 is 0 Å². The molecule has 6 nitrogen and oxygen atoms in total. The Hall–Kier alpha value is -2.50. The number of carbonyl (C=O) groups excluding carboxylic acids is 1. The number of anilines is 1. The molecule has 6 heteroatoms. The van der Waals surface area contributed by atoms with Crippen LogP contribution < -0.4 is 14.4 Å². The molecule has 2 heterocycles. The second-order valence-corrected chi connectivity index (χ2v) is 5.24. The van der Waals surface area contributed by atoms with Crippen molar-refractivity contribution in [3.05, 3.63) is 23.6 Å². The maximum atomic E-state index is 11.8. The maximum Gasteiger partial charge on any atom is 0.224 e. The van der Waals surface area contributed by atoms with Crippen LogP contribution in [0.25, 0.3) is 11.1 Å². The molecule has 1 amide bonds.